The number of oxime groups is 1. The van der Waals surface area contributed by atoms with Crippen LogP contribution >= 0.6 is 15.9 Å². The molecule has 14 heavy (non-hydrogen) atoms. The Labute approximate surface area is 90.8 Å². The van der Waals surface area contributed by atoms with Gasteiger partial charge in [0.05, 0.1) is 0 Å². The molecule has 4 heteroatoms. The molecule has 0 unspecified atom stereocenters. The highest BCUT2D eigenvalue weighted by Crippen LogP contribution is 2.24. The zero-order valence-corrected chi connectivity index (χ0v) is 9.37. The van der Waals surface area contributed by atoms with E-state index < -0.39 is 0 Å². The van der Waals surface area contributed by atoms with Gasteiger partial charge in [0.25, 0.3) is 5.90 Å². The summed E-state index contributed by atoms with van der Waals surface area (Å²) in [4.78, 5) is 4.96. The lowest BCUT2D eigenvalue weighted by Crippen LogP contribution is -1.98. The summed E-state index contributed by atoms with van der Waals surface area (Å²) in [5.41, 5.74) is 2.15. The summed E-state index contributed by atoms with van der Waals surface area (Å²) in [6.07, 6.45) is 0. The Morgan fingerprint density at radius 3 is 3.21 bits per heavy atom. The van der Waals surface area contributed by atoms with Gasteiger partial charge >= 0.3 is 0 Å². The molecule has 0 amide bonds. The van der Waals surface area contributed by atoms with E-state index in [1.807, 2.05) is 25.1 Å². The number of hydrogen-bond donors (Lipinski definition) is 0. The summed E-state index contributed by atoms with van der Waals surface area (Å²) in [7, 11) is 0. The van der Waals surface area contributed by atoms with Crippen LogP contribution in [0.4, 0.5) is 0 Å². The van der Waals surface area contributed by atoms with Gasteiger partial charge in [-0.2, -0.15) is 0 Å². The van der Waals surface area contributed by atoms with Gasteiger partial charge in [0.2, 0.25) is 0 Å². The molecular weight excluding hydrogens is 246 g/mol. The average Bonchev–Trinajstić information content (AvgIpc) is 2.57. The number of hydrogen-bond acceptors (Lipinski definition) is 3. The molecule has 0 saturated carbocycles. The Morgan fingerprint density at radius 1 is 1.57 bits per heavy atom. The second kappa shape index (κ2) is 4.00. The van der Waals surface area contributed by atoms with Crippen molar-refractivity contribution in [1.29, 1.82) is 0 Å². The number of rotatable bonds is 2. The number of halogens is 1. The molecule has 74 valence electrons. The molecule has 1 aliphatic rings. The van der Waals surface area contributed by atoms with Crippen molar-refractivity contribution in [2.45, 2.75) is 13.5 Å². The first-order valence-corrected chi connectivity index (χ1v) is 5.22. The van der Waals surface area contributed by atoms with Gasteiger partial charge in [-0.3, -0.25) is 0 Å². The van der Waals surface area contributed by atoms with Gasteiger partial charge in [-0.05, 0) is 30.3 Å². The van der Waals surface area contributed by atoms with E-state index in [4.69, 9.17) is 9.57 Å². The fraction of sp³-hybridized carbons (Fsp3) is 0.300. The fourth-order valence-corrected chi connectivity index (χ4v) is 1.72. The van der Waals surface area contributed by atoms with Crippen LogP contribution in [0.15, 0.2) is 27.8 Å². The molecule has 0 aromatic heterocycles. The quantitative estimate of drug-likeness (QED) is 0.761. The lowest BCUT2D eigenvalue weighted by Gasteiger charge is -1.98. The topological polar surface area (TPSA) is 30.8 Å². The molecule has 0 radical (unpaired) electrons. The second-order valence-corrected chi connectivity index (χ2v) is 3.82. The van der Waals surface area contributed by atoms with E-state index in [0.717, 1.165) is 15.6 Å². The Hall–Kier alpha value is -1.03. The van der Waals surface area contributed by atoms with Crippen LogP contribution in [0.1, 0.15) is 18.1 Å². The lowest BCUT2D eigenvalue weighted by molar-refractivity contribution is 0.146. The van der Waals surface area contributed by atoms with E-state index in [1.54, 1.807) is 0 Å². The Bertz CT molecular complexity index is 376. The van der Waals surface area contributed by atoms with Crippen molar-refractivity contribution in [2.75, 3.05) is 6.61 Å². The minimum atomic E-state index is 0.554. The Balaban J connectivity index is 2.31. The van der Waals surface area contributed by atoms with Crippen molar-refractivity contribution in [2.24, 2.45) is 5.16 Å². The molecule has 0 fully saturated rings. The number of fused-ring (bicyclic) bond motifs is 1. The molecule has 1 aromatic rings. The number of ether oxygens (including phenoxy) is 1. The predicted molar refractivity (Wildman–Crippen MR) is 57.1 cm³/mol. The van der Waals surface area contributed by atoms with E-state index in [1.165, 1.54) is 0 Å². The third-order valence-electron chi connectivity index (χ3n) is 1.94. The van der Waals surface area contributed by atoms with Gasteiger partial charge < -0.3 is 9.57 Å². The summed E-state index contributed by atoms with van der Waals surface area (Å²) >= 11 is 3.41. The first-order chi connectivity index (χ1) is 6.81. The molecule has 0 saturated heterocycles. The summed E-state index contributed by atoms with van der Waals surface area (Å²) in [5.74, 6) is 0.578. The monoisotopic (exact) mass is 255 g/mol. The smallest absolute Gasteiger partial charge is 0.258 e. The lowest BCUT2D eigenvalue weighted by atomic mass is 10.1. The molecule has 0 atom stereocenters. The largest absolute Gasteiger partial charge is 0.470 e. The third-order valence-corrected chi connectivity index (χ3v) is 2.43. The van der Waals surface area contributed by atoms with Gasteiger partial charge in [-0.25, -0.2) is 0 Å². The van der Waals surface area contributed by atoms with Crippen molar-refractivity contribution < 1.29 is 9.57 Å². The van der Waals surface area contributed by atoms with Crippen LogP contribution in [0.5, 0.6) is 0 Å². The second-order valence-electron chi connectivity index (χ2n) is 2.90. The fourth-order valence-electron chi connectivity index (χ4n) is 1.31. The minimum Gasteiger partial charge on any atom is -0.470 e. The maximum atomic E-state index is 5.38. The van der Waals surface area contributed by atoms with Crippen LogP contribution in [-0.2, 0) is 16.2 Å². The van der Waals surface area contributed by atoms with Gasteiger partial charge in [-0.15, -0.1) is 0 Å². The minimum absolute atomic E-state index is 0.554. The van der Waals surface area contributed by atoms with E-state index in [9.17, 15) is 0 Å². The normalized spacial score (nSPS) is 16.6. The van der Waals surface area contributed by atoms with E-state index in [2.05, 4.69) is 21.1 Å². The highest BCUT2D eigenvalue weighted by molar-refractivity contribution is 9.10. The van der Waals surface area contributed by atoms with E-state index >= 15 is 0 Å². The molecular formula is C10H10BrNO2. The van der Waals surface area contributed by atoms with Crippen LogP contribution in [-0.4, -0.2) is 12.5 Å². The molecule has 1 aromatic carbocycles. The maximum Gasteiger partial charge on any atom is 0.258 e. The first kappa shape index (κ1) is 9.52. The van der Waals surface area contributed by atoms with Gasteiger partial charge in [0.1, 0.15) is 13.2 Å². The Kier molecular flexibility index (Phi) is 2.72. The molecule has 1 heterocycles. The molecule has 0 N–H and O–H groups in total. The highest BCUT2D eigenvalue weighted by atomic mass is 79.9. The van der Waals surface area contributed by atoms with E-state index in [-0.39, 0.29) is 0 Å². The van der Waals surface area contributed by atoms with Crippen LogP contribution in [0.25, 0.3) is 0 Å². The van der Waals surface area contributed by atoms with E-state index in [0.29, 0.717) is 19.1 Å². The standard InChI is InChI=1S/C10H10BrNO2/c1-2-14-12-10-9-4-3-8(11)5-7(9)6-13-10/h3-5H,2,6H2,1H3/b12-10-. The molecule has 0 bridgehead atoms. The summed E-state index contributed by atoms with van der Waals surface area (Å²) < 4.78 is 6.44. The highest BCUT2D eigenvalue weighted by Gasteiger charge is 2.19. The zero-order chi connectivity index (χ0) is 9.97. The van der Waals surface area contributed by atoms with Crippen molar-refractivity contribution >= 4 is 21.8 Å². The molecule has 0 spiro atoms. The van der Waals surface area contributed by atoms with Crippen LogP contribution < -0.4 is 0 Å². The summed E-state index contributed by atoms with van der Waals surface area (Å²) in [6, 6.07) is 5.98. The van der Waals surface area contributed by atoms with Gasteiger partial charge in [0, 0.05) is 15.6 Å². The SMILES string of the molecule is CCO/N=C1\OCc2cc(Br)ccc21. The van der Waals surface area contributed by atoms with Crippen molar-refractivity contribution in [3.63, 3.8) is 0 Å². The van der Waals surface area contributed by atoms with Crippen molar-refractivity contribution in [1.82, 2.24) is 0 Å². The predicted octanol–water partition coefficient (Wildman–Crippen LogP) is 2.68. The first-order valence-electron chi connectivity index (χ1n) is 4.43. The zero-order valence-electron chi connectivity index (χ0n) is 7.79. The molecule has 0 aliphatic carbocycles. The Morgan fingerprint density at radius 2 is 2.43 bits per heavy atom. The van der Waals surface area contributed by atoms with Crippen molar-refractivity contribution in [3.8, 4) is 0 Å². The average molecular weight is 256 g/mol. The van der Waals surface area contributed by atoms with Crippen LogP contribution in [0.2, 0.25) is 0 Å². The molecule has 2 rings (SSSR count). The number of benzene rings is 1. The van der Waals surface area contributed by atoms with Crippen LogP contribution in [0.3, 0.4) is 0 Å². The number of nitrogens with zero attached hydrogens (tertiary/aromatic N) is 1. The summed E-state index contributed by atoms with van der Waals surface area (Å²) in [5, 5.41) is 3.89. The molecule has 3 nitrogen and oxygen atoms in total. The summed E-state index contributed by atoms with van der Waals surface area (Å²) in [6.45, 7) is 3.01. The van der Waals surface area contributed by atoms with Crippen LogP contribution in [0, 0.1) is 0 Å². The van der Waals surface area contributed by atoms with Crippen molar-refractivity contribution in [3.05, 3.63) is 33.8 Å². The third kappa shape index (κ3) is 1.75. The van der Waals surface area contributed by atoms with Gasteiger partial charge in [-0.1, -0.05) is 15.9 Å². The maximum absolute atomic E-state index is 5.38. The van der Waals surface area contributed by atoms with Gasteiger partial charge in [0.15, 0.2) is 0 Å². The molecule has 1 aliphatic heterocycles.